The lowest BCUT2D eigenvalue weighted by molar-refractivity contribution is 0.163. The molecule has 2 aromatic heterocycles. The van der Waals surface area contributed by atoms with E-state index >= 15 is 0 Å². The lowest BCUT2D eigenvalue weighted by atomic mass is 10.2. The molecule has 0 radical (unpaired) electrons. The number of hydrogen-bond donors (Lipinski definition) is 1. The lowest BCUT2D eigenvalue weighted by Crippen LogP contribution is -2.53. The molecule has 0 aromatic carbocycles. The van der Waals surface area contributed by atoms with Crippen molar-refractivity contribution in [2.75, 3.05) is 39.3 Å². The van der Waals surface area contributed by atoms with Crippen LogP contribution in [0.15, 0.2) is 28.8 Å². The van der Waals surface area contributed by atoms with Crippen molar-refractivity contribution >= 4 is 17.3 Å². The number of rotatable bonds is 8. The van der Waals surface area contributed by atoms with Gasteiger partial charge in [-0.3, -0.25) is 4.90 Å². The Kier molecular flexibility index (Phi) is 7.85. The summed E-state index contributed by atoms with van der Waals surface area (Å²) in [5.41, 5.74) is 0. The van der Waals surface area contributed by atoms with Crippen LogP contribution in [0, 0.1) is 5.92 Å². The second-order valence-corrected chi connectivity index (χ2v) is 8.65. The number of hydrogen-bond acceptors (Lipinski definition) is 5. The molecule has 154 valence electrons. The monoisotopic (exact) mass is 403 g/mol. The number of aromatic nitrogens is 3. The third-order valence-electron chi connectivity index (χ3n) is 4.91. The van der Waals surface area contributed by atoms with Crippen molar-refractivity contribution in [3.8, 4) is 0 Å². The summed E-state index contributed by atoms with van der Waals surface area (Å²) in [5, 5.41) is 13.9. The van der Waals surface area contributed by atoms with Gasteiger partial charge >= 0.3 is 0 Å². The highest BCUT2D eigenvalue weighted by Gasteiger charge is 2.20. The minimum Gasteiger partial charge on any atom is -0.354 e. The van der Waals surface area contributed by atoms with Gasteiger partial charge in [-0.15, -0.1) is 21.5 Å². The molecule has 2 aromatic rings. The van der Waals surface area contributed by atoms with Gasteiger partial charge in [0.25, 0.3) is 0 Å². The van der Waals surface area contributed by atoms with Crippen LogP contribution < -0.4 is 5.32 Å². The van der Waals surface area contributed by atoms with Gasteiger partial charge in [-0.2, -0.15) is 0 Å². The first-order valence-corrected chi connectivity index (χ1v) is 11.2. The van der Waals surface area contributed by atoms with Crippen molar-refractivity contribution in [1.29, 1.82) is 0 Å². The Bertz CT molecular complexity index is 715. The summed E-state index contributed by atoms with van der Waals surface area (Å²) in [5.74, 6) is 2.76. The van der Waals surface area contributed by atoms with Crippen molar-refractivity contribution < 1.29 is 0 Å². The quantitative estimate of drug-likeness (QED) is 0.541. The van der Waals surface area contributed by atoms with Crippen LogP contribution in [0.3, 0.4) is 0 Å². The molecule has 1 fully saturated rings. The Morgan fingerprint density at radius 3 is 2.79 bits per heavy atom. The molecule has 1 saturated heterocycles. The van der Waals surface area contributed by atoms with E-state index in [4.69, 9.17) is 4.99 Å². The molecule has 0 atom stereocenters. The number of aliphatic imine (C=N–C) groups is 1. The van der Waals surface area contributed by atoms with E-state index in [0.29, 0.717) is 5.92 Å². The smallest absolute Gasteiger partial charge is 0.194 e. The van der Waals surface area contributed by atoms with Crippen LogP contribution in [0.1, 0.15) is 31.5 Å². The third kappa shape index (κ3) is 6.04. The molecule has 1 aliphatic rings. The molecule has 0 saturated carbocycles. The molecule has 0 spiro atoms. The highest BCUT2D eigenvalue weighted by atomic mass is 32.1. The lowest BCUT2D eigenvalue weighted by Gasteiger charge is -2.37. The van der Waals surface area contributed by atoms with E-state index in [-0.39, 0.29) is 0 Å². The average Bonchev–Trinajstić information content (AvgIpc) is 3.36. The van der Waals surface area contributed by atoms with E-state index in [2.05, 4.69) is 68.2 Å². The molecule has 0 aliphatic carbocycles. The topological polar surface area (TPSA) is 61.6 Å². The first-order valence-electron chi connectivity index (χ1n) is 10.3. The molecule has 0 unspecified atom stereocenters. The van der Waals surface area contributed by atoms with Gasteiger partial charge in [0.1, 0.15) is 12.2 Å². The Hall–Kier alpha value is -1.93. The fourth-order valence-electron chi connectivity index (χ4n) is 3.51. The molecule has 3 rings (SSSR count). The second kappa shape index (κ2) is 10.6. The summed E-state index contributed by atoms with van der Waals surface area (Å²) in [7, 11) is 0. The maximum atomic E-state index is 4.92. The van der Waals surface area contributed by atoms with E-state index in [9.17, 15) is 0 Å². The standard InChI is InChI=1S/C20H33N7S/c1-4-19-24-23-16-27(19)8-7-21-20(22-14-18-6-5-13-28-18)26-11-9-25(10-12-26)15-17(2)3/h5-6,13,16-17H,4,7-12,14-15H2,1-3H3,(H,21,22). The normalized spacial score (nSPS) is 16.1. The summed E-state index contributed by atoms with van der Waals surface area (Å²) in [6.45, 7) is 14.5. The van der Waals surface area contributed by atoms with Gasteiger partial charge in [0.15, 0.2) is 5.96 Å². The summed E-state index contributed by atoms with van der Waals surface area (Å²) in [6, 6.07) is 4.24. The first-order chi connectivity index (χ1) is 13.7. The fourth-order valence-corrected chi connectivity index (χ4v) is 4.14. The van der Waals surface area contributed by atoms with E-state index in [0.717, 1.165) is 64.0 Å². The van der Waals surface area contributed by atoms with Crippen molar-refractivity contribution in [3.05, 3.63) is 34.5 Å². The zero-order valence-corrected chi connectivity index (χ0v) is 18.2. The predicted molar refractivity (Wildman–Crippen MR) is 116 cm³/mol. The van der Waals surface area contributed by atoms with Gasteiger partial charge in [0.2, 0.25) is 0 Å². The molecular weight excluding hydrogens is 370 g/mol. The zero-order valence-electron chi connectivity index (χ0n) is 17.3. The van der Waals surface area contributed by atoms with Gasteiger partial charge in [-0.25, -0.2) is 4.99 Å². The van der Waals surface area contributed by atoms with Crippen LogP contribution in [-0.4, -0.2) is 69.8 Å². The molecule has 8 heteroatoms. The average molecular weight is 404 g/mol. The van der Waals surface area contributed by atoms with Crippen LogP contribution in [-0.2, 0) is 19.5 Å². The molecule has 1 N–H and O–H groups in total. The highest BCUT2D eigenvalue weighted by molar-refractivity contribution is 7.09. The molecule has 0 bridgehead atoms. The van der Waals surface area contributed by atoms with E-state index in [1.54, 1.807) is 11.3 Å². The van der Waals surface area contributed by atoms with Gasteiger partial charge in [0, 0.05) is 57.1 Å². The number of nitrogens with zero attached hydrogens (tertiary/aromatic N) is 6. The third-order valence-corrected chi connectivity index (χ3v) is 5.77. The largest absolute Gasteiger partial charge is 0.354 e. The number of piperazine rings is 1. The summed E-state index contributed by atoms with van der Waals surface area (Å²) in [4.78, 5) is 11.2. The molecular formula is C20H33N7S. The van der Waals surface area contributed by atoms with E-state index in [1.165, 1.54) is 11.4 Å². The van der Waals surface area contributed by atoms with Crippen LogP contribution in [0.2, 0.25) is 0 Å². The summed E-state index contributed by atoms with van der Waals surface area (Å²) in [6.07, 6.45) is 2.71. The van der Waals surface area contributed by atoms with Gasteiger partial charge in [-0.05, 0) is 17.4 Å². The summed E-state index contributed by atoms with van der Waals surface area (Å²) >= 11 is 1.76. The van der Waals surface area contributed by atoms with Crippen molar-refractivity contribution in [2.24, 2.45) is 10.9 Å². The Labute approximate surface area is 172 Å². The second-order valence-electron chi connectivity index (χ2n) is 7.62. The molecule has 7 nitrogen and oxygen atoms in total. The van der Waals surface area contributed by atoms with Crippen molar-refractivity contribution in [1.82, 2.24) is 29.9 Å². The van der Waals surface area contributed by atoms with Gasteiger partial charge in [0.05, 0.1) is 6.54 Å². The number of thiophene rings is 1. The molecule has 28 heavy (non-hydrogen) atoms. The summed E-state index contributed by atoms with van der Waals surface area (Å²) < 4.78 is 2.12. The van der Waals surface area contributed by atoms with Crippen LogP contribution >= 0.6 is 11.3 Å². The van der Waals surface area contributed by atoms with Crippen molar-refractivity contribution in [2.45, 2.75) is 40.3 Å². The van der Waals surface area contributed by atoms with Crippen molar-refractivity contribution in [3.63, 3.8) is 0 Å². The number of nitrogens with one attached hydrogen (secondary N) is 1. The molecule has 1 aliphatic heterocycles. The zero-order chi connectivity index (χ0) is 19.8. The minimum atomic E-state index is 0.716. The molecule has 0 amide bonds. The highest BCUT2D eigenvalue weighted by Crippen LogP contribution is 2.11. The molecule has 3 heterocycles. The Morgan fingerprint density at radius 2 is 2.11 bits per heavy atom. The minimum absolute atomic E-state index is 0.716. The number of aryl methyl sites for hydroxylation is 1. The predicted octanol–water partition coefficient (Wildman–Crippen LogP) is 2.32. The van der Waals surface area contributed by atoms with E-state index in [1.807, 2.05) is 6.33 Å². The van der Waals surface area contributed by atoms with Crippen LogP contribution in [0.5, 0.6) is 0 Å². The first kappa shape index (κ1) is 20.8. The van der Waals surface area contributed by atoms with Gasteiger partial charge in [-0.1, -0.05) is 26.8 Å². The maximum Gasteiger partial charge on any atom is 0.194 e. The fraction of sp³-hybridized carbons (Fsp3) is 0.650. The Morgan fingerprint density at radius 1 is 1.29 bits per heavy atom. The SMILES string of the molecule is CCc1nncn1CCNC(=NCc1cccs1)N1CCN(CC(C)C)CC1. The van der Waals surface area contributed by atoms with Crippen LogP contribution in [0.25, 0.3) is 0 Å². The van der Waals surface area contributed by atoms with E-state index < -0.39 is 0 Å². The number of guanidine groups is 1. The maximum absolute atomic E-state index is 4.92. The Balaban J connectivity index is 1.58. The van der Waals surface area contributed by atoms with Gasteiger partial charge < -0.3 is 14.8 Å². The van der Waals surface area contributed by atoms with Crippen LogP contribution in [0.4, 0.5) is 0 Å².